The van der Waals surface area contributed by atoms with E-state index in [9.17, 15) is 9.00 Å². The van der Waals surface area contributed by atoms with Gasteiger partial charge in [0.05, 0.1) is 42.9 Å². The number of amides is 1. The number of likely N-dealkylation sites (tertiary alicyclic amines) is 1. The van der Waals surface area contributed by atoms with Crippen LogP contribution >= 0.6 is 11.6 Å². The van der Waals surface area contributed by atoms with E-state index in [1.54, 1.807) is 13.2 Å². The molecule has 11 heteroatoms. The Hall–Kier alpha value is -2.21. The molecule has 0 spiro atoms. The van der Waals surface area contributed by atoms with Gasteiger partial charge in [0.25, 0.3) is 5.91 Å². The average molecular weight is 742 g/mol. The number of carbonyl (C=O) groups excluding carboxylic acids is 1. The molecule has 280 valence electrons. The second kappa shape index (κ2) is 16.4. The maximum atomic E-state index is 13.5. The lowest BCUT2D eigenvalue weighted by Crippen LogP contribution is -2.61. The summed E-state index contributed by atoms with van der Waals surface area (Å²) in [5.41, 5.74) is 3.97. The van der Waals surface area contributed by atoms with E-state index in [4.69, 9.17) is 30.5 Å². The Morgan fingerprint density at radius 3 is 2.49 bits per heavy atom. The Bertz CT molecular complexity index is 1550. The van der Waals surface area contributed by atoms with Crippen molar-refractivity contribution in [1.82, 2.24) is 9.62 Å². The summed E-state index contributed by atoms with van der Waals surface area (Å²) < 4.78 is 41.5. The van der Waals surface area contributed by atoms with Gasteiger partial charge in [-0.25, -0.2) is 4.21 Å². The highest BCUT2D eigenvalue weighted by Crippen LogP contribution is 2.47. The van der Waals surface area contributed by atoms with Crippen LogP contribution in [0.15, 0.2) is 36.4 Å². The van der Waals surface area contributed by atoms with Crippen molar-refractivity contribution < 1.29 is 28.0 Å². The summed E-state index contributed by atoms with van der Waals surface area (Å²) in [6.07, 6.45) is 7.30. The lowest BCUT2D eigenvalue weighted by Gasteiger charge is -2.50. The minimum absolute atomic E-state index is 0.129. The fourth-order valence-electron chi connectivity index (χ4n) is 8.92. The van der Waals surface area contributed by atoms with Gasteiger partial charge in [0.1, 0.15) is 16.7 Å². The first-order chi connectivity index (χ1) is 24.7. The maximum Gasteiger partial charge on any atom is 0.263 e. The fourth-order valence-corrected chi connectivity index (χ4v) is 10.2. The van der Waals surface area contributed by atoms with E-state index in [1.807, 2.05) is 25.1 Å². The topological polar surface area (TPSA) is 89.6 Å². The van der Waals surface area contributed by atoms with Gasteiger partial charge in [0, 0.05) is 55.7 Å². The molecule has 2 aromatic carbocycles. The van der Waals surface area contributed by atoms with E-state index in [2.05, 4.69) is 40.5 Å². The van der Waals surface area contributed by atoms with Crippen molar-refractivity contribution in [2.75, 3.05) is 58.0 Å². The Balaban J connectivity index is 1.18. The van der Waals surface area contributed by atoms with E-state index < -0.39 is 11.0 Å². The molecular formula is C40H56ClN3O6S. The minimum atomic E-state index is -1.51. The predicted molar refractivity (Wildman–Crippen MR) is 202 cm³/mol. The molecule has 2 saturated heterocycles. The number of carbonyl (C=O) groups is 1. The van der Waals surface area contributed by atoms with Gasteiger partial charge < -0.3 is 23.8 Å². The number of hydrogen-bond donors (Lipinski definition) is 1. The van der Waals surface area contributed by atoms with Gasteiger partial charge in [-0.15, -0.1) is 0 Å². The van der Waals surface area contributed by atoms with Gasteiger partial charge in [-0.05, 0) is 98.2 Å². The molecule has 1 aliphatic carbocycles. The molecular weight excluding hydrogens is 686 g/mol. The molecule has 1 saturated carbocycles. The van der Waals surface area contributed by atoms with Gasteiger partial charge in [0.2, 0.25) is 0 Å². The molecule has 0 aromatic heterocycles. The van der Waals surface area contributed by atoms with Crippen LogP contribution in [0.1, 0.15) is 86.7 Å². The molecule has 7 unspecified atom stereocenters. The number of aryl methyl sites for hydroxylation is 1. The smallest absolute Gasteiger partial charge is 0.263 e. The highest BCUT2D eigenvalue weighted by atomic mass is 35.5. The Morgan fingerprint density at radius 1 is 0.961 bits per heavy atom. The Morgan fingerprint density at radius 2 is 1.76 bits per heavy atom. The van der Waals surface area contributed by atoms with E-state index in [0.29, 0.717) is 43.3 Å². The zero-order chi connectivity index (χ0) is 35.6. The number of rotatable bonds is 6. The van der Waals surface area contributed by atoms with E-state index in [1.165, 1.54) is 11.1 Å². The summed E-state index contributed by atoms with van der Waals surface area (Å²) >= 11 is 6.49. The SMILES string of the molecule is CCCc1cc(Cl)ccc1C1COc2ccc3cc2N(C1)CC1CCC1C(C1OCC(N2CC(OC)C2)CO1)CCCC(C)C(C)S(=O)NC3=O. The molecule has 51 heavy (non-hydrogen) atoms. The first-order valence-corrected chi connectivity index (χ1v) is 20.8. The second-order valence-corrected chi connectivity index (χ2v) is 17.7. The number of nitrogens with one attached hydrogen (secondary N) is 1. The number of halogens is 1. The van der Waals surface area contributed by atoms with E-state index in [0.717, 1.165) is 87.6 Å². The average Bonchev–Trinajstić information content (AvgIpc) is 3.28. The monoisotopic (exact) mass is 741 g/mol. The van der Waals surface area contributed by atoms with Crippen LogP contribution < -0.4 is 14.4 Å². The molecule has 7 atom stereocenters. The van der Waals surface area contributed by atoms with Crippen LogP contribution in [0.5, 0.6) is 5.75 Å². The first-order valence-electron chi connectivity index (χ1n) is 19.2. The molecule has 3 fully saturated rings. The van der Waals surface area contributed by atoms with Crippen LogP contribution in [0.3, 0.4) is 0 Å². The quantitative estimate of drug-likeness (QED) is 0.355. The number of anilines is 1. The van der Waals surface area contributed by atoms with E-state index >= 15 is 0 Å². The minimum Gasteiger partial charge on any atom is -0.491 e. The van der Waals surface area contributed by atoms with Crippen LogP contribution in [-0.2, 0) is 31.6 Å². The molecule has 4 heterocycles. The molecule has 1 N–H and O–H groups in total. The predicted octanol–water partition coefficient (Wildman–Crippen LogP) is 6.59. The van der Waals surface area contributed by atoms with Gasteiger partial charge in [0.15, 0.2) is 6.29 Å². The number of ether oxygens (including phenoxy) is 4. The summed E-state index contributed by atoms with van der Waals surface area (Å²) in [6.45, 7) is 11.7. The maximum absolute atomic E-state index is 13.5. The van der Waals surface area contributed by atoms with Crippen LogP contribution in [0.25, 0.3) is 0 Å². The largest absolute Gasteiger partial charge is 0.491 e. The first kappa shape index (κ1) is 37.1. The van der Waals surface area contributed by atoms with Gasteiger partial charge >= 0.3 is 0 Å². The van der Waals surface area contributed by atoms with Gasteiger partial charge in [-0.3, -0.25) is 14.4 Å². The van der Waals surface area contributed by atoms with Crippen LogP contribution in [0, 0.1) is 23.7 Å². The fraction of sp³-hybridized carbons (Fsp3) is 0.675. The summed E-state index contributed by atoms with van der Waals surface area (Å²) in [5.74, 6) is 1.99. The molecule has 0 radical (unpaired) electrons. The molecule has 2 aromatic rings. The van der Waals surface area contributed by atoms with Crippen molar-refractivity contribution in [3.05, 3.63) is 58.1 Å². The summed E-state index contributed by atoms with van der Waals surface area (Å²) in [6, 6.07) is 12.2. The van der Waals surface area contributed by atoms with Crippen molar-refractivity contribution in [3.63, 3.8) is 0 Å². The Kier molecular flexibility index (Phi) is 12.0. The normalized spacial score (nSPS) is 33.9. The standard InChI is InChI=1S/C40H56ClN3O6S/c1-5-7-27-16-31(41)12-14-34(27)30-19-44-18-29-10-13-35(29)36(40-49-23-32(24-50-40)43-20-33(21-43)47-4)9-6-8-25(2)26(3)51(46)42-39(45)28-11-15-38(48-22-30)37(44)17-28/h11-12,14-17,25-26,29-30,32-33,35-36,40H,5-10,13,18-24H2,1-4H3,(H,42,45). The van der Waals surface area contributed by atoms with Crippen LogP contribution in [0.2, 0.25) is 5.02 Å². The number of benzene rings is 2. The summed E-state index contributed by atoms with van der Waals surface area (Å²) in [5, 5.41) is 0.581. The van der Waals surface area contributed by atoms with Gasteiger partial charge in [-0.1, -0.05) is 44.4 Å². The third-order valence-electron chi connectivity index (χ3n) is 12.5. The number of methoxy groups -OCH3 is 1. The van der Waals surface area contributed by atoms with Crippen LogP contribution in [-0.4, -0.2) is 91.8 Å². The molecule has 4 aliphatic heterocycles. The Labute approximate surface area is 311 Å². The lowest BCUT2D eigenvalue weighted by atomic mass is 9.65. The molecule has 1 amide bonds. The molecule has 7 rings (SSSR count). The molecule has 2 bridgehead atoms. The summed E-state index contributed by atoms with van der Waals surface area (Å²) in [4.78, 5) is 18.4. The molecule has 9 nitrogen and oxygen atoms in total. The number of nitrogens with zero attached hydrogens (tertiary/aromatic N) is 2. The van der Waals surface area contributed by atoms with Crippen LogP contribution in [0.4, 0.5) is 5.69 Å². The zero-order valence-corrected chi connectivity index (χ0v) is 32.3. The van der Waals surface area contributed by atoms with Gasteiger partial charge in [-0.2, -0.15) is 0 Å². The molecule has 5 aliphatic rings. The van der Waals surface area contributed by atoms with Crippen molar-refractivity contribution >= 4 is 34.2 Å². The van der Waals surface area contributed by atoms with Crippen molar-refractivity contribution in [1.29, 1.82) is 0 Å². The zero-order valence-electron chi connectivity index (χ0n) is 30.7. The highest BCUT2D eigenvalue weighted by Gasteiger charge is 2.45. The highest BCUT2D eigenvalue weighted by molar-refractivity contribution is 7.84. The summed E-state index contributed by atoms with van der Waals surface area (Å²) in [7, 11) is 0.272. The number of fused-ring (bicyclic) bond motifs is 2. The van der Waals surface area contributed by atoms with Crippen molar-refractivity contribution in [2.45, 2.75) is 95.3 Å². The third kappa shape index (κ3) is 8.16. The second-order valence-electron chi connectivity index (χ2n) is 15.7. The third-order valence-corrected chi connectivity index (χ3v) is 14.3. The van der Waals surface area contributed by atoms with Crippen molar-refractivity contribution in [3.8, 4) is 5.75 Å². The van der Waals surface area contributed by atoms with Crippen molar-refractivity contribution in [2.24, 2.45) is 23.7 Å². The van der Waals surface area contributed by atoms with E-state index in [-0.39, 0.29) is 41.2 Å². The lowest BCUT2D eigenvalue weighted by molar-refractivity contribution is -0.251. The number of hydrogen-bond acceptors (Lipinski definition) is 8.